The number of carbonyl (C=O) groups is 2. The maximum atomic E-state index is 13.2. The van der Waals surface area contributed by atoms with Crippen molar-refractivity contribution < 1.29 is 23.1 Å². The number of amides is 2. The number of halogens is 2. The van der Waals surface area contributed by atoms with Gasteiger partial charge in [-0.1, -0.05) is 20.4 Å². The lowest BCUT2D eigenvalue weighted by Gasteiger charge is -2.57. The summed E-state index contributed by atoms with van der Waals surface area (Å²) in [6.07, 6.45) is 6.15. The van der Waals surface area contributed by atoms with Gasteiger partial charge in [0.05, 0.1) is 37.8 Å². The minimum atomic E-state index is -2.78. The summed E-state index contributed by atoms with van der Waals surface area (Å²) in [5.41, 5.74) is 0.852. The molecule has 6 rings (SSSR count). The van der Waals surface area contributed by atoms with Crippen LogP contribution in [0.25, 0.3) is 16.9 Å². The first-order valence-corrected chi connectivity index (χ1v) is 13.6. The van der Waals surface area contributed by atoms with E-state index in [0.29, 0.717) is 66.1 Å². The molecule has 13 nitrogen and oxygen atoms in total. The van der Waals surface area contributed by atoms with Crippen LogP contribution in [0, 0.1) is 11.3 Å². The van der Waals surface area contributed by atoms with Crippen LogP contribution in [-0.4, -0.2) is 97.5 Å². The fourth-order valence-corrected chi connectivity index (χ4v) is 6.45. The molecule has 2 aliphatic heterocycles. The van der Waals surface area contributed by atoms with Gasteiger partial charge < -0.3 is 25.2 Å². The van der Waals surface area contributed by atoms with Crippen LogP contribution in [0.4, 0.5) is 20.5 Å². The molecule has 3 fully saturated rings. The summed E-state index contributed by atoms with van der Waals surface area (Å²) < 4.78 is 33.9. The van der Waals surface area contributed by atoms with E-state index in [9.17, 15) is 18.4 Å². The average Bonchev–Trinajstić information content (AvgIpc) is 3.72. The van der Waals surface area contributed by atoms with Crippen molar-refractivity contribution in [3.63, 3.8) is 0 Å². The lowest BCUT2D eigenvalue weighted by Crippen LogP contribution is -2.70. The third kappa shape index (κ3) is 4.67. The first-order chi connectivity index (χ1) is 19.7. The maximum absolute atomic E-state index is 13.2. The van der Waals surface area contributed by atoms with Gasteiger partial charge in [0.2, 0.25) is 17.8 Å². The maximum Gasteiger partial charge on any atom is 0.333 e. The highest BCUT2D eigenvalue weighted by atomic mass is 19.3. The number of aromatic nitrogens is 6. The highest BCUT2D eigenvalue weighted by Crippen LogP contribution is 2.53. The molecular weight excluding hydrogens is 538 g/mol. The summed E-state index contributed by atoms with van der Waals surface area (Å²) in [7, 11) is 0. The second-order valence-electron chi connectivity index (χ2n) is 11.1. The Kier molecular flexibility index (Phi) is 6.83. The molecule has 218 valence electrons. The quantitative estimate of drug-likeness (QED) is 0.387. The summed E-state index contributed by atoms with van der Waals surface area (Å²) in [5, 5.41) is 9.99. The predicted molar refractivity (Wildman–Crippen MR) is 145 cm³/mol. The summed E-state index contributed by atoms with van der Waals surface area (Å²) in [6.45, 7) is 7.73. The number of alkyl halides is 2. The van der Waals surface area contributed by atoms with E-state index < -0.39 is 6.55 Å². The van der Waals surface area contributed by atoms with Crippen molar-refractivity contribution in [2.24, 2.45) is 11.3 Å². The van der Waals surface area contributed by atoms with Gasteiger partial charge in [-0.25, -0.2) is 9.67 Å². The summed E-state index contributed by atoms with van der Waals surface area (Å²) in [4.78, 5) is 43.0. The second-order valence-corrected chi connectivity index (χ2v) is 11.1. The molecule has 5 heterocycles. The molecule has 3 aromatic heterocycles. The zero-order valence-electron chi connectivity index (χ0n) is 22.8. The first kappa shape index (κ1) is 27.1. The molecule has 3 aliphatic rings. The molecule has 15 heteroatoms. The van der Waals surface area contributed by atoms with E-state index >= 15 is 0 Å². The highest BCUT2D eigenvalue weighted by Gasteiger charge is 2.62. The third-order valence-electron chi connectivity index (χ3n) is 8.37. The van der Waals surface area contributed by atoms with Crippen molar-refractivity contribution in [2.75, 3.05) is 49.6 Å². The number of fused-ring (bicyclic) bond motifs is 2. The molecule has 1 aliphatic carbocycles. The van der Waals surface area contributed by atoms with Gasteiger partial charge in [-0.3, -0.25) is 14.2 Å². The SMILES string of the molecule is C=CC(=O)N1CCC2C(NC(=O)CNc3nc(N4CCOCC4)nc4c3ncn4-c3cnn(C(F)F)c3)C(C)(C)C21. The number of ether oxygens (including phenoxy) is 1. The molecule has 3 atom stereocenters. The smallest absolute Gasteiger partial charge is 0.333 e. The fraction of sp³-hybridized carbons (Fsp3) is 0.538. The number of anilines is 2. The van der Waals surface area contributed by atoms with Crippen molar-refractivity contribution >= 4 is 34.7 Å². The predicted octanol–water partition coefficient (Wildman–Crippen LogP) is 1.58. The van der Waals surface area contributed by atoms with Gasteiger partial charge >= 0.3 is 6.55 Å². The van der Waals surface area contributed by atoms with Crippen LogP contribution >= 0.6 is 0 Å². The number of hydrogen-bond acceptors (Lipinski definition) is 9. The topological polar surface area (TPSA) is 135 Å². The van der Waals surface area contributed by atoms with Gasteiger partial charge in [0.1, 0.15) is 6.33 Å². The number of rotatable bonds is 8. The Bertz CT molecular complexity index is 1480. The molecular formula is C26H32F2N10O3. The zero-order chi connectivity index (χ0) is 28.9. The average molecular weight is 571 g/mol. The van der Waals surface area contributed by atoms with Gasteiger partial charge in [0.15, 0.2) is 17.0 Å². The van der Waals surface area contributed by atoms with E-state index in [1.54, 1.807) is 4.57 Å². The van der Waals surface area contributed by atoms with Gasteiger partial charge in [-0.05, 0) is 12.5 Å². The summed E-state index contributed by atoms with van der Waals surface area (Å²) >= 11 is 0. The zero-order valence-corrected chi connectivity index (χ0v) is 22.8. The highest BCUT2D eigenvalue weighted by molar-refractivity contribution is 5.89. The van der Waals surface area contributed by atoms with E-state index in [4.69, 9.17) is 4.74 Å². The number of imidazole rings is 1. The Morgan fingerprint density at radius 2 is 2.02 bits per heavy atom. The molecule has 3 aromatic rings. The number of hydrogen-bond donors (Lipinski definition) is 2. The number of likely N-dealkylation sites (tertiary alicyclic amines) is 1. The van der Waals surface area contributed by atoms with E-state index in [1.165, 1.54) is 24.8 Å². The standard InChI is InChI=1S/C26H32F2N10O3/c1-4-18(40)36-6-5-16-20(26(2,3)21(16)36)32-17(39)12-29-22-19-23(34-25(33-22)35-7-9-41-10-8-35)37(14-30-19)15-11-31-38(13-15)24(27)28/h4,11,13-14,16,20-21,24H,1,5-10,12H2,2-3H3,(H,32,39)(H,29,33,34). The molecule has 0 radical (unpaired) electrons. The Labute approximate surface area is 234 Å². The minimum absolute atomic E-state index is 0.0576. The second kappa shape index (κ2) is 10.4. The fourth-order valence-electron chi connectivity index (χ4n) is 6.45. The van der Waals surface area contributed by atoms with Gasteiger partial charge in [0, 0.05) is 43.1 Å². The minimum Gasteiger partial charge on any atom is -0.378 e. The molecule has 1 saturated carbocycles. The van der Waals surface area contributed by atoms with Crippen molar-refractivity contribution in [2.45, 2.75) is 38.9 Å². The van der Waals surface area contributed by atoms with Crippen LogP contribution in [0.3, 0.4) is 0 Å². The largest absolute Gasteiger partial charge is 0.378 e. The molecule has 2 saturated heterocycles. The number of morpholine rings is 1. The van der Waals surface area contributed by atoms with Crippen LogP contribution in [0.15, 0.2) is 31.4 Å². The number of carbonyl (C=O) groups excluding carboxylic acids is 2. The first-order valence-electron chi connectivity index (χ1n) is 13.6. The molecule has 0 aromatic carbocycles. The van der Waals surface area contributed by atoms with Crippen LogP contribution in [0.5, 0.6) is 0 Å². The summed E-state index contributed by atoms with van der Waals surface area (Å²) in [6, 6.07) is -0.0217. The van der Waals surface area contributed by atoms with Crippen LogP contribution in [0.1, 0.15) is 26.8 Å². The van der Waals surface area contributed by atoms with Crippen molar-refractivity contribution in [1.82, 2.24) is 39.5 Å². The molecule has 2 amide bonds. The van der Waals surface area contributed by atoms with Crippen molar-refractivity contribution in [3.8, 4) is 5.69 Å². The van der Waals surface area contributed by atoms with Gasteiger partial charge in [-0.15, -0.1) is 0 Å². The van der Waals surface area contributed by atoms with E-state index in [0.717, 1.165) is 6.42 Å². The van der Waals surface area contributed by atoms with Gasteiger partial charge in [-0.2, -0.15) is 23.8 Å². The van der Waals surface area contributed by atoms with Crippen LogP contribution in [0.2, 0.25) is 0 Å². The number of nitrogens with zero attached hydrogens (tertiary/aromatic N) is 8. The Morgan fingerprint density at radius 1 is 1.24 bits per heavy atom. The Morgan fingerprint density at radius 3 is 2.73 bits per heavy atom. The van der Waals surface area contributed by atoms with Crippen LogP contribution in [-0.2, 0) is 14.3 Å². The normalized spacial score (nSPS) is 23.4. The molecule has 3 unspecified atom stereocenters. The Hall–Kier alpha value is -4.14. The molecule has 0 bridgehead atoms. The van der Waals surface area contributed by atoms with Crippen molar-refractivity contribution in [3.05, 3.63) is 31.4 Å². The van der Waals surface area contributed by atoms with E-state index in [-0.39, 0.29) is 41.8 Å². The van der Waals surface area contributed by atoms with E-state index in [2.05, 4.69) is 51.1 Å². The molecule has 0 spiro atoms. The Balaban J connectivity index is 1.22. The number of nitrogens with one attached hydrogen (secondary N) is 2. The van der Waals surface area contributed by atoms with Crippen molar-refractivity contribution in [1.29, 1.82) is 0 Å². The third-order valence-corrected chi connectivity index (χ3v) is 8.37. The lowest BCUT2D eigenvalue weighted by atomic mass is 9.56. The molecule has 2 N–H and O–H groups in total. The van der Waals surface area contributed by atoms with Gasteiger partial charge in [0.25, 0.3) is 0 Å². The van der Waals surface area contributed by atoms with E-state index in [1.807, 2.05) is 9.80 Å². The lowest BCUT2D eigenvalue weighted by molar-refractivity contribution is -0.139. The summed E-state index contributed by atoms with van der Waals surface area (Å²) in [5.74, 6) is 0.643. The monoisotopic (exact) mass is 570 g/mol. The molecule has 41 heavy (non-hydrogen) atoms. The van der Waals surface area contributed by atoms with Crippen LogP contribution < -0.4 is 15.5 Å².